The minimum atomic E-state index is -3.87. The summed E-state index contributed by atoms with van der Waals surface area (Å²) in [4.78, 5) is 0.117. The van der Waals surface area contributed by atoms with Gasteiger partial charge in [0.1, 0.15) is 10.6 Å². The molecule has 5 nitrogen and oxygen atoms in total. The molecule has 0 saturated carbocycles. The van der Waals surface area contributed by atoms with Crippen molar-refractivity contribution >= 4 is 31.8 Å². The lowest BCUT2D eigenvalue weighted by molar-refractivity contribution is 0.438. The fourth-order valence-corrected chi connectivity index (χ4v) is 4.87. The van der Waals surface area contributed by atoms with Crippen molar-refractivity contribution in [1.82, 2.24) is 5.16 Å². The maximum atomic E-state index is 12.9. The van der Waals surface area contributed by atoms with Gasteiger partial charge in [0.25, 0.3) is 10.0 Å². The molecule has 1 aromatic heterocycles. The Labute approximate surface area is 171 Å². The van der Waals surface area contributed by atoms with Crippen molar-refractivity contribution in [3.8, 4) is 22.4 Å². The number of anilines is 1. The monoisotopic (exact) mass is 454 g/mol. The van der Waals surface area contributed by atoms with E-state index in [-0.39, 0.29) is 10.8 Å². The molecule has 0 radical (unpaired) electrons. The summed E-state index contributed by atoms with van der Waals surface area (Å²) < 4.78 is 34.3. The predicted octanol–water partition coefficient (Wildman–Crippen LogP) is 5.57. The van der Waals surface area contributed by atoms with Crippen LogP contribution < -0.4 is 4.72 Å². The average Bonchev–Trinajstić information content (AvgIpc) is 3.12. The highest BCUT2D eigenvalue weighted by atomic mass is 79.9. The fraction of sp³-hybridized carbons (Fsp3) is 0. The molecule has 7 heteroatoms. The zero-order valence-corrected chi connectivity index (χ0v) is 16.9. The summed E-state index contributed by atoms with van der Waals surface area (Å²) in [6.45, 7) is 0. The van der Waals surface area contributed by atoms with Crippen LogP contribution in [0.3, 0.4) is 0 Å². The van der Waals surface area contributed by atoms with Crippen LogP contribution >= 0.6 is 15.9 Å². The number of rotatable bonds is 5. The van der Waals surface area contributed by atoms with Gasteiger partial charge in [-0.05, 0) is 33.6 Å². The third kappa shape index (κ3) is 3.58. The highest BCUT2D eigenvalue weighted by Gasteiger charge is 2.25. The summed E-state index contributed by atoms with van der Waals surface area (Å²) in [6.07, 6.45) is 0. The Bertz CT molecular complexity index is 1210. The van der Waals surface area contributed by atoms with Gasteiger partial charge in [0.05, 0.1) is 5.56 Å². The van der Waals surface area contributed by atoms with Crippen LogP contribution in [0.1, 0.15) is 0 Å². The quantitative estimate of drug-likeness (QED) is 0.427. The van der Waals surface area contributed by atoms with Gasteiger partial charge in [-0.2, -0.15) is 0 Å². The van der Waals surface area contributed by atoms with Gasteiger partial charge in [-0.1, -0.05) is 78.0 Å². The first-order valence-electron chi connectivity index (χ1n) is 8.44. The van der Waals surface area contributed by atoms with E-state index in [2.05, 4.69) is 25.8 Å². The summed E-state index contributed by atoms with van der Waals surface area (Å²) >= 11 is 3.29. The molecule has 140 valence electrons. The lowest BCUT2D eigenvalue weighted by Gasteiger charge is -2.09. The Kier molecular flexibility index (Phi) is 5.02. The number of nitrogens with zero attached hydrogens (tertiary/aromatic N) is 1. The molecular formula is C21H15BrN2O3S. The first-order valence-corrected chi connectivity index (χ1v) is 10.7. The molecule has 1 heterocycles. The first kappa shape index (κ1) is 18.5. The summed E-state index contributed by atoms with van der Waals surface area (Å²) in [5.41, 5.74) is 2.78. The van der Waals surface area contributed by atoms with E-state index in [0.717, 1.165) is 11.1 Å². The van der Waals surface area contributed by atoms with Gasteiger partial charge in [-0.25, -0.2) is 13.1 Å². The number of hydrogen-bond donors (Lipinski definition) is 1. The van der Waals surface area contributed by atoms with E-state index < -0.39 is 10.0 Å². The van der Waals surface area contributed by atoms with Crippen molar-refractivity contribution in [3.05, 3.63) is 89.4 Å². The molecule has 1 N–H and O–H groups in total. The van der Waals surface area contributed by atoms with Gasteiger partial charge in [-0.15, -0.1) is 0 Å². The number of benzene rings is 3. The molecule has 0 aliphatic heterocycles. The highest BCUT2D eigenvalue weighted by Crippen LogP contribution is 2.38. The first-order chi connectivity index (χ1) is 13.6. The highest BCUT2D eigenvalue weighted by molar-refractivity contribution is 9.10. The van der Waals surface area contributed by atoms with Crippen molar-refractivity contribution in [2.24, 2.45) is 0 Å². The van der Waals surface area contributed by atoms with Crippen molar-refractivity contribution in [2.45, 2.75) is 4.90 Å². The number of sulfonamides is 1. The predicted molar refractivity (Wildman–Crippen MR) is 112 cm³/mol. The summed E-state index contributed by atoms with van der Waals surface area (Å²) in [7, 11) is -3.87. The summed E-state index contributed by atoms with van der Waals surface area (Å²) in [5, 5.41) is 4.15. The van der Waals surface area contributed by atoms with Gasteiger partial charge >= 0.3 is 0 Å². The molecular weight excluding hydrogens is 440 g/mol. The minimum absolute atomic E-state index is 0.0702. The maximum Gasteiger partial charge on any atom is 0.265 e. The molecule has 28 heavy (non-hydrogen) atoms. The average molecular weight is 455 g/mol. The fourth-order valence-electron chi connectivity index (χ4n) is 2.87. The Morgan fingerprint density at radius 2 is 1.36 bits per heavy atom. The van der Waals surface area contributed by atoms with Crippen molar-refractivity contribution < 1.29 is 12.9 Å². The normalized spacial score (nSPS) is 11.3. The second-order valence-corrected chi connectivity index (χ2v) is 8.51. The van der Waals surface area contributed by atoms with Crippen LogP contribution in [0, 0.1) is 0 Å². The summed E-state index contributed by atoms with van der Waals surface area (Å²) in [5.74, 6) is 0.0702. The smallest absolute Gasteiger partial charge is 0.265 e. The largest absolute Gasteiger partial charge is 0.337 e. The molecule has 4 aromatic rings. The van der Waals surface area contributed by atoms with E-state index in [4.69, 9.17) is 4.52 Å². The van der Waals surface area contributed by atoms with Crippen LogP contribution in [0.2, 0.25) is 0 Å². The van der Waals surface area contributed by atoms with E-state index >= 15 is 0 Å². The molecule has 0 unspecified atom stereocenters. The van der Waals surface area contributed by atoms with Gasteiger partial charge in [-0.3, -0.25) is 0 Å². The molecule has 0 saturated heterocycles. The lowest BCUT2D eigenvalue weighted by Crippen LogP contribution is -2.13. The van der Waals surface area contributed by atoms with Crippen molar-refractivity contribution in [3.63, 3.8) is 0 Å². The zero-order chi connectivity index (χ0) is 19.6. The topological polar surface area (TPSA) is 72.2 Å². The van der Waals surface area contributed by atoms with Crippen LogP contribution in [-0.2, 0) is 10.0 Å². The number of hydrogen-bond acceptors (Lipinski definition) is 4. The maximum absolute atomic E-state index is 12.9. The Balaban J connectivity index is 1.84. The van der Waals surface area contributed by atoms with E-state index in [1.807, 2.05) is 60.7 Å². The van der Waals surface area contributed by atoms with E-state index in [9.17, 15) is 8.42 Å². The van der Waals surface area contributed by atoms with Gasteiger partial charge < -0.3 is 4.52 Å². The zero-order valence-electron chi connectivity index (χ0n) is 14.5. The van der Waals surface area contributed by atoms with Gasteiger partial charge in [0.15, 0.2) is 0 Å². The van der Waals surface area contributed by atoms with E-state index in [0.29, 0.717) is 15.7 Å². The van der Waals surface area contributed by atoms with Crippen molar-refractivity contribution in [2.75, 3.05) is 4.72 Å². The van der Waals surface area contributed by atoms with Crippen LogP contribution in [-0.4, -0.2) is 13.6 Å². The van der Waals surface area contributed by atoms with E-state index in [1.54, 1.807) is 18.2 Å². The summed E-state index contributed by atoms with van der Waals surface area (Å²) in [6, 6.07) is 25.5. The van der Waals surface area contributed by atoms with Crippen LogP contribution in [0.5, 0.6) is 0 Å². The second-order valence-electron chi connectivity index (χ2n) is 6.00. The Hall–Kier alpha value is -2.90. The SMILES string of the molecule is O=S(=O)(Nc1onc(-c2ccccc2)c1-c1ccccc1)c1ccccc1Br. The third-order valence-corrected chi connectivity index (χ3v) is 6.50. The molecule has 0 aliphatic rings. The van der Waals surface area contributed by atoms with Crippen LogP contribution in [0.25, 0.3) is 22.4 Å². The number of aromatic nitrogens is 1. The molecule has 3 aromatic carbocycles. The van der Waals surface area contributed by atoms with Gasteiger partial charge in [0.2, 0.25) is 5.88 Å². The van der Waals surface area contributed by atoms with Crippen molar-refractivity contribution in [1.29, 1.82) is 0 Å². The van der Waals surface area contributed by atoms with E-state index in [1.165, 1.54) is 6.07 Å². The molecule has 0 atom stereocenters. The Morgan fingerprint density at radius 1 is 0.786 bits per heavy atom. The standard InChI is InChI=1S/C21H15BrN2O3S/c22-17-13-7-8-14-18(17)28(25,26)24-21-19(15-9-3-1-4-10-15)20(23-27-21)16-11-5-2-6-12-16/h1-14,24H. The Morgan fingerprint density at radius 3 is 2.00 bits per heavy atom. The molecule has 0 fully saturated rings. The lowest BCUT2D eigenvalue weighted by atomic mass is 10.0. The number of nitrogens with one attached hydrogen (secondary N) is 1. The minimum Gasteiger partial charge on any atom is -0.337 e. The molecule has 4 rings (SSSR count). The second kappa shape index (κ2) is 7.61. The van der Waals surface area contributed by atoms with Crippen LogP contribution in [0.4, 0.5) is 5.88 Å². The molecule has 0 bridgehead atoms. The molecule has 0 amide bonds. The van der Waals surface area contributed by atoms with Crippen LogP contribution in [0.15, 0.2) is 98.8 Å². The molecule has 0 aliphatic carbocycles. The third-order valence-electron chi connectivity index (χ3n) is 4.16. The molecule has 0 spiro atoms. The number of halogens is 1. The van der Waals surface area contributed by atoms with Gasteiger partial charge in [0, 0.05) is 10.0 Å².